The van der Waals surface area contributed by atoms with Crippen LogP contribution in [0.25, 0.3) is 0 Å². The molecule has 1 heterocycles. The van der Waals surface area contributed by atoms with Crippen LogP contribution >= 0.6 is 0 Å². The van der Waals surface area contributed by atoms with Gasteiger partial charge in [-0.25, -0.2) is 4.79 Å². The summed E-state index contributed by atoms with van der Waals surface area (Å²) in [5.74, 6) is -1.71. The summed E-state index contributed by atoms with van der Waals surface area (Å²) < 4.78 is 0. The molecular formula is C9H15NO3. The number of hydrogen-bond donors (Lipinski definition) is 1. The van der Waals surface area contributed by atoms with Crippen LogP contribution in [0.3, 0.4) is 0 Å². The van der Waals surface area contributed by atoms with Gasteiger partial charge in [-0.15, -0.1) is 0 Å². The number of likely N-dealkylation sites (tertiary alicyclic amines) is 1. The summed E-state index contributed by atoms with van der Waals surface area (Å²) in [6.45, 7) is 4.53. The van der Waals surface area contributed by atoms with Gasteiger partial charge in [0.15, 0.2) is 0 Å². The molecule has 1 aliphatic heterocycles. The highest BCUT2D eigenvalue weighted by Crippen LogP contribution is 2.22. The second-order valence-electron chi connectivity index (χ2n) is 3.66. The molecule has 1 N–H and O–H groups in total. The fraction of sp³-hybridized carbons (Fsp3) is 0.778. The highest BCUT2D eigenvalue weighted by atomic mass is 16.4. The lowest BCUT2D eigenvalue weighted by molar-refractivity contribution is -0.158. The second kappa shape index (κ2) is 3.77. The summed E-state index contributed by atoms with van der Waals surface area (Å²) in [6, 6.07) is 0.0531. The molecule has 0 aromatic heterocycles. The summed E-state index contributed by atoms with van der Waals surface area (Å²) in [5.41, 5.74) is 0. The van der Waals surface area contributed by atoms with Crippen molar-refractivity contribution in [1.82, 2.24) is 4.90 Å². The number of nitrogens with zero attached hydrogens (tertiary/aromatic N) is 1. The largest absolute Gasteiger partial charge is 0.474 e. The molecule has 1 amide bonds. The van der Waals surface area contributed by atoms with Crippen molar-refractivity contribution in [2.75, 3.05) is 6.54 Å². The topological polar surface area (TPSA) is 57.6 Å². The number of aliphatic carboxylic acids is 1. The van der Waals surface area contributed by atoms with Crippen LogP contribution in [-0.4, -0.2) is 34.5 Å². The number of carboxylic acids is 1. The minimum absolute atomic E-state index is 0.0531. The highest BCUT2D eigenvalue weighted by Gasteiger charge is 2.31. The summed E-state index contributed by atoms with van der Waals surface area (Å²) in [4.78, 5) is 23.1. The lowest BCUT2D eigenvalue weighted by Crippen LogP contribution is -2.48. The van der Waals surface area contributed by atoms with Gasteiger partial charge >= 0.3 is 11.9 Å². The molecule has 0 aromatic rings. The minimum Gasteiger partial charge on any atom is -0.474 e. The maximum absolute atomic E-state index is 11.2. The first-order chi connectivity index (χ1) is 6.04. The van der Waals surface area contributed by atoms with E-state index in [9.17, 15) is 9.59 Å². The first kappa shape index (κ1) is 10.0. The lowest BCUT2D eigenvalue weighted by Gasteiger charge is -2.36. The van der Waals surface area contributed by atoms with Crippen molar-refractivity contribution in [3.63, 3.8) is 0 Å². The molecule has 0 radical (unpaired) electrons. The van der Waals surface area contributed by atoms with Gasteiger partial charge in [0.2, 0.25) is 0 Å². The number of hydrogen-bond acceptors (Lipinski definition) is 2. The van der Waals surface area contributed by atoms with E-state index in [1.54, 1.807) is 0 Å². The molecule has 74 valence electrons. The molecule has 0 saturated carbocycles. The van der Waals surface area contributed by atoms with Crippen molar-refractivity contribution in [2.24, 2.45) is 5.92 Å². The van der Waals surface area contributed by atoms with Crippen LogP contribution in [0.2, 0.25) is 0 Å². The first-order valence-electron chi connectivity index (χ1n) is 4.58. The van der Waals surface area contributed by atoms with Gasteiger partial charge in [0.25, 0.3) is 0 Å². The fourth-order valence-corrected chi connectivity index (χ4v) is 1.74. The van der Waals surface area contributed by atoms with Crippen molar-refractivity contribution in [3.8, 4) is 0 Å². The Morgan fingerprint density at radius 3 is 2.54 bits per heavy atom. The van der Waals surface area contributed by atoms with Crippen molar-refractivity contribution in [3.05, 3.63) is 0 Å². The van der Waals surface area contributed by atoms with Crippen LogP contribution in [0.1, 0.15) is 26.7 Å². The third-order valence-corrected chi connectivity index (χ3v) is 2.82. The number of rotatable bonds is 0. The predicted molar refractivity (Wildman–Crippen MR) is 47.2 cm³/mol. The Hall–Kier alpha value is -1.06. The van der Waals surface area contributed by atoms with E-state index in [0.29, 0.717) is 12.5 Å². The standard InChI is InChI=1S/C9H15NO3/c1-6-4-3-5-10(7(6)2)8(11)9(12)13/h6-7H,3-5H2,1-2H3,(H,12,13). The molecule has 0 bridgehead atoms. The molecule has 0 aliphatic carbocycles. The number of carbonyl (C=O) groups is 2. The first-order valence-corrected chi connectivity index (χ1v) is 4.58. The zero-order valence-corrected chi connectivity index (χ0v) is 7.99. The molecule has 4 nitrogen and oxygen atoms in total. The molecule has 1 aliphatic rings. The van der Waals surface area contributed by atoms with Gasteiger partial charge in [-0.05, 0) is 25.7 Å². The molecule has 2 unspecified atom stereocenters. The van der Waals surface area contributed by atoms with Gasteiger partial charge in [-0.3, -0.25) is 4.79 Å². The third kappa shape index (κ3) is 1.99. The maximum Gasteiger partial charge on any atom is 0.394 e. The molecule has 4 heteroatoms. The average Bonchev–Trinajstić information content (AvgIpc) is 2.08. The Morgan fingerprint density at radius 1 is 1.38 bits per heavy atom. The average molecular weight is 185 g/mol. The molecule has 2 atom stereocenters. The number of carbonyl (C=O) groups excluding carboxylic acids is 1. The maximum atomic E-state index is 11.2. The lowest BCUT2D eigenvalue weighted by atomic mass is 9.92. The Morgan fingerprint density at radius 2 is 2.00 bits per heavy atom. The van der Waals surface area contributed by atoms with Gasteiger partial charge < -0.3 is 10.0 Å². The van der Waals surface area contributed by atoms with Gasteiger partial charge in [-0.2, -0.15) is 0 Å². The molecule has 0 aromatic carbocycles. The van der Waals surface area contributed by atoms with E-state index in [-0.39, 0.29) is 6.04 Å². The summed E-state index contributed by atoms with van der Waals surface area (Å²) >= 11 is 0. The van der Waals surface area contributed by atoms with E-state index >= 15 is 0 Å². The number of carboxylic acid groups (broad SMARTS) is 1. The number of piperidine rings is 1. The van der Waals surface area contributed by atoms with E-state index < -0.39 is 11.9 Å². The minimum atomic E-state index is -1.35. The van der Waals surface area contributed by atoms with Crippen LogP contribution in [0, 0.1) is 5.92 Å². The van der Waals surface area contributed by atoms with Crippen molar-refractivity contribution >= 4 is 11.9 Å². The van der Waals surface area contributed by atoms with Crippen LogP contribution in [0.4, 0.5) is 0 Å². The Bertz CT molecular complexity index is 227. The Labute approximate surface area is 77.5 Å². The van der Waals surface area contributed by atoms with Crippen LogP contribution < -0.4 is 0 Å². The highest BCUT2D eigenvalue weighted by molar-refractivity contribution is 6.31. The van der Waals surface area contributed by atoms with Crippen molar-refractivity contribution in [1.29, 1.82) is 0 Å². The van der Waals surface area contributed by atoms with E-state index in [2.05, 4.69) is 0 Å². The Kier molecular flexibility index (Phi) is 2.90. The molecule has 1 rings (SSSR count). The van der Waals surface area contributed by atoms with Gasteiger partial charge in [0.05, 0.1) is 0 Å². The normalized spacial score (nSPS) is 28.6. The van der Waals surface area contributed by atoms with Crippen molar-refractivity contribution < 1.29 is 14.7 Å². The summed E-state index contributed by atoms with van der Waals surface area (Å²) in [6.07, 6.45) is 1.98. The van der Waals surface area contributed by atoms with E-state index in [1.807, 2.05) is 13.8 Å². The van der Waals surface area contributed by atoms with E-state index in [1.165, 1.54) is 4.90 Å². The molecule has 1 fully saturated rings. The van der Waals surface area contributed by atoms with E-state index in [4.69, 9.17) is 5.11 Å². The van der Waals surface area contributed by atoms with Gasteiger partial charge in [0.1, 0.15) is 0 Å². The molecule has 0 spiro atoms. The number of amides is 1. The van der Waals surface area contributed by atoms with Crippen LogP contribution in [-0.2, 0) is 9.59 Å². The third-order valence-electron chi connectivity index (χ3n) is 2.82. The predicted octanol–water partition coefficient (Wildman–Crippen LogP) is 0.718. The summed E-state index contributed by atoms with van der Waals surface area (Å²) in [7, 11) is 0. The summed E-state index contributed by atoms with van der Waals surface area (Å²) in [5, 5.41) is 8.55. The van der Waals surface area contributed by atoms with Gasteiger partial charge in [0, 0.05) is 12.6 Å². The SMILES string of the molecule is CC1CCCN(C(=O)C(=O)O)C1C. The molecular weight excluding hydrogens is 170 g/mol. The van der Waals surface area contributed by atoms with Gasteiger partial charge in [-0.1, -0.05) is 6.92 Å². The fourth-order valence-electron chi connectivity index (χ4n) is 1.74. The monoisotopic (exact) mass is 185 g/mol. The van der Waals surface area contributed by atoms with Crippen LogP contribution in [0.5, 0.6) is 0 Å². The van der Waals surface area contributed by atoms with Crippen LogP contribution in [0.15, 0.2) is 0 Å². The molecule has 1 saturated heterocycles. The molecule has 13 heavy (non-hydrogen) atoms. The van der Waals surface area contributed by atoms with E-state index in [0.717, 1.165) is 12.8 Å². The quantitative estimate of drug-likeness (QED) is 0.566. The second-order valence-corrected chi connectivity index (χ2v) is 3.66. The smallest absolute Gasteiger partial charge is 0.394 e. The van der Waals surface area contributed by atoms with Crippen molar-refractivity contribution in [2.45, 2.75) is 32.7 Å². The zero-order chi connectivity index (χ0) is 10.0. The zero-order valence-electron chi connectivity index (χ0n) is 7.99. The Balaban J connectivity index is 2.68.